The van der Waals surface area contributed by atoms with Gasteiger partial charge in [0.2, 0.25) is 11.8 Å². The molecule has 0 radical (unpaired) electrons. The fraction of sp³-hybridized carbons (Fsp3) is 0.182. The summed E-state index contributed by atoms with van der Waals surface area (Å²) in [5.74, 6) is -1.68. The quantitative estimate of drug-likeness (QED) is 0.408. The normalized spacial score (nSPS) is 26.6. The summed E-state index contributed by atoms with van der Waals surface area (Å²) in [6.45, 7) is 1.87. The van der Waals surface area contributed by atoms with Gasteiger partial charge in [0.05, 0.1) is 18.5 Å². The summed E-state index contributed by atoms with van der Waals surface area (Å²) < 4.78 is 0. The maximum atomic E-state index is 15.1. The van der Waals surface area contributed by atoms with Crippen molar-refractivity contribution >= 4 is 29.0 Å². The van der Waals surface area contributed by atoms with Gasteiger partial charge in [-0.25, -0.2) is 0 Å². The minimum atomic E-state index is -1.41. The Morgan fingerprint density at radius 2 is 1.41 bits per heavy atom. The largest absolute Gasteiger partial charge is 0.324 e. The van der Waals surface area contributed by atoms with Crippen LogP contribution in [0, 0.1) is 5.92 Å². The predicted molar refractivity (Wildman–Crippen MR) is 149 cm³/mol. The molecule has 6 nitrogen and oxygen atoms in total. The lowest BCUT2D eigenvalue weighted by Gasteiger charge is -2.36. The van der Waals surface area contributed by atoms with Crippen LogP contribution in [-0.4, -0.2) is 17.6 Å². The Labute approximate surface area is 226 Å². The molecule has 4 aromatic rings. The van der Waals surface area contributed by atoms with E-state index in [1.807, 2.05) is 109 Å². The number of fused-ring (bicyclic) bond motifs is 4. The summed E-state index contributed by atoms with van der Waals surface area (Å²) in [5.41, 5.74) is 1.97. The van der Waals surface area contributed by atoms with Gasteiger partial charge >= 0.3 is 0 Å². The minimum absolute atomic E-state index is 0.178. The molecule has 4 aromatic carbocycles. The Kier molecular flexibility index (Phi) is 5.12. The van der Waals surface area contributed by atoms with Crippen LogP contribution in [0.4, 0.5) is 11.4 Å². The van der Waals surface area contributed by atoms with E-state index in [1.165, 1.54) is 6.92 Å². The Hall–Kier alpha value is -4.55. The van der Waals surface area contributed by atoms with Gasteiger partial charge in [0, 0.05) is 16.9 Å². The fourth-order valence-electron chi connectivity index (χ4n) is 7.25. The van der Waals surface area contributed by atoms with E-state index in [-0.39, 0.29) is 17.6 Å². The zero-order valence-corrected chi connectivity index (χ0v) is 21.4. The molecule has 0 bridgehead atoms. The molecule has 0 saturated carbocycles. The molecule has 0 aromatic heterocycles. The minimum Gasteiger partial charge on any atom is -0.324 e. The third-order valence-corrected chi connectivity index (χ3v) is 8.64. The predicted octanol–water partition coefficient (Wildman–Crippen LogP) is 4.87. The SMILES string of the molecule is CC(=O)C1C2(NC(c3ccccc3)C13C(=O)N(Cc1ccccc1)c1ccccc13)C(=O)Nc1ccccc12. The number of nitrogens with one attached hydrogen (secondary N) is 2. The number of hydrogen-bond donors (Lipinski definition) is 2. The molecule has 6 heteroatoms. The molecule has 2 amide bonds. The zero-order chi connectivity index (χ0) is 26.8. The third-order valence-electron chi connectivity index (χ3n) is 8.64. The summed E-state index contributed by atoms with van der Waals surface area (Å²) in [7, 11) is 0. The number of benzene rings is 4. The first-order valence-electron chi connectivity index (χ1n) is 13.2. The summed E-state index contributed by atoms with van der Waals surface area (Å²) in [6, 6.07) is 34.1. The second-order valence-corrected chi connectivity index (χ2v) is 10.6. The van der Waals surface area contributed by atoms with E-state index in [1.54, 1.807) is 4.90 Å². The Morgan fingerprint density at radius 3 is 2.13 bits per heavy atom. The van der Waals surface area contributed by atoms with Gasteiger partial charge in [-0.05, 0) is 35.7 Å². The van der Waals surface area contributed by atoms with Gasteiger partial charge in [-0.15, -0.1) is 0 Å². The fourth-order valence-corrected chi connectivity index (χ4v) is 7.25. The van der Waals surface area contributed by atoms with Gasteiger partial charge in [-0.3, -0.25) is 19.7 Å². The molecule has 2 spiro atoms. The number of carbonyl (C=O) groups is 3. The Morgan fingerprint density at radius 1 is 0.795 bits per heavy atom. The molecule has 192 valence electrons. The van der Waals surface area contributed by atoms with Crippen molar-refractivity contribution in [1.82, 2.24) is 5.32 Å². The maximum Gasteiger partial charge on any atom is 0.250 e. The maximum absolute atomic E-state index is 15.1. The number of nitrogens with zero attached hydrogens (tertiary/aromatic N) is 1. The van der Waals surface area contributed by atoms with Gasteiger partial charge in [0.15, 0.2) is 0 Å². The number of anilines is 2. The summed E-state index contributed by atoms with van der Waals surface area (Å²) in [4.78, 5) is 44.8. The number of carbonyl (C=O) groups excluding carboxylic acids is 3. The second kappa shape index (κ2) is 8.48. The van der Waals surface area contributed by atoms with Crippen molar-refractivity contribution in [2.75, 3.05) is 10.2 Å². The van der Waals surface area contributed by atoms with Gasteiger partial charge in [-0.1, -0.05) is 97.1 Å². The van der Waals surface area contributed by atoms with Gasteiger partial charge in [0.25, 0.3) is 0 Å². The van der Waals surface area contributed by atoms with Crippen LogP contribution < -0.4 is 15.5 Å². The number of hydrogen-bond acceptors (Lipinski definition) is 4. The zero-order valence-electron chi connectivity index (χ0n) is 21.4. The number of rotatable bonds is 4. The van der Waals surface area contributed by atoms with E-state index in [0.29, 0.717) is 17.8 Å². The highest BCUT2D eigenvalue weighted by Gasteiger charge is 2.75. The average Bonchev–Trinajstić information content (AvgIpc) is 3.53. The molecule has 4 atom stereocenters. The van der Waals surface area contributed by atoms with E-state index >= 15 is 4.79 Å². The highest BCUT2D eigenvalue weighted by molar-refractivity contribution is 6.17. The standard InChI is InChI=1S/C33H27N3O3/c1-21(37)28-32(25-17-9-11-19-27(25)36(31(32)39)20-22-12-4-2-5-13-22)29(23-14-6-3-7-15-23)35-33(28)24-16-8-10-18-26(24)34-30(33)38/h2-19,28-29,35H,20H2,1H3,(H,34,38). The van der Waals surface area contributed by atoms with Crippen molar-refractivity contribution in [1.29, 1.82) is 0 Å². The second-order valence-electron chi connectivity index (χ2n) is 10.6. The summed E-state index contributed by atoms with van der Waals surface area (Å²) >= 11 is 0. The number of ketones is 1. The molecular weight excluding hydrogens is 486 g/mol. The number of para-hydroxylation sites is 2. The first kappa shape index (κ1) is 23.6. The van der Waals surface area contributed by atoms with Crippen molar-refractivity contribution < 1.29 is 14.4 Å². The summed E-state index contributed by atoms with van der Waals surface area (Å²) in [6.07, 6.45) is 0. The van der Waals surface area contributed by atoms with Crippen LogP contribution in [-0.2, 0) is 31.9 Å². The van der Waals surface area contributed by atoms with E-state index in [0.717, 1.165) is 22.4 Å². The van der Waals surface area contributed by atoms with Gasteiger partial charge < -0.3 is 10.2 Å². The molecule has 3 heterocycles. The third kappa shape index (κ3) is 3.03. The Bertz CT molecular complexity index is 1640. The molecule has 3 aliphatic rings. The highest BCUT2D eigenvalue weighted by Crippen LogP contribution is 2.64. The first-order valence-corrected chi connectivity index (χ1v) is 13.2. The number of Topliss-reactive ketones (excluding diaryl/α,β-unsaturated/α-hetero) is 1. The van der Waals surface area contributed by atoms with Crippen molar-refractivity contribution in [3.8, 4) is 0 Å². The smallest absolute Gasteiger partial charge is 0.250 e. The Balaban J connectivity index is 1.53. The van der Waals surface area contributed by atoms with Crippen LogP contribution in [0.25, 0.3) is 0 Å². The van der Waals surface area contributed by atoms with Crippen LogP contribution in [0.5, 0.6) is 0 Å². The number of amides is 2. The molecule has 1 saturated heterocycles. The lowest BCUT2D eigenvalue weighted by molar-refractivity contribution is -0.136. The van der Waals surface area contributed by atoms with E-state index in [2.05, 4.69) is 10.6 Å². The summed E-state index contributed by atoms with van der Waals surface area (Å²) in [5, 5.41) is 6.63. The molecule has 2 N–H and O–H groups in total. The van der Waals surface area contributed by atoms with Crippen molar-refractivity contribution in [2.24, 2.45) is 5.92 Å². The van der Waals surface area contributed by atoms with Crippen LogP contribution in [0.3, 0.4) is 0 Å². The molecule has 39 heavy (non-hydrogen) atoms. The first-order chi connectivity index (χ1) is 19.0. The van der Waals surface area contributed by atoms with Crippen LogP contribution in [0.2, 0.25) is 0 Å². The van der Waals surface area contributed by atoms with Gasteiger partial charge in [0.1, 0.15) is 16.7 Å². The van der Waals surface area contributed by atoms with Crippen LogP contribution in [0.15, 0.2) is 109 Å². The monoisotopic (exact) mass is 513 g/mol. The highest BCUT2D eigenvalue weighted by atomic mass is 16.2. The lowest BCUT2D eigenvalue weighted by atomic mass is 9.60. The van der Waals surface area contributed by atoms with Crippen molar-refractivity contribution in [3.05, 3.63) is 131 Å². The lowest BCUT2D eigenvalue weighted by Crippen LogP contribution is -2.54. The van der Waals surface area contributed by atoms with Crippen LogP contribution in [0.1, 0.15) is 35.2 Å². The van der Waals surface area contributed by atoms with Gasteiger partial charge in [-0.2, -0.15) is 0 Å². The van der Waals surface area contributed by atoms with Crippen LogP contribution >= 0.6 is 0 Å². The average molecular weight is 514 g/mol. The van der Waals surface area contributed by atoms with E-state index < -0.39 is 22.9 Å². The topological polar surface area (TPSA) is 78.5 Å². The van der Waals surface area contributed by atoms with E-state index in [9.17, 15) is 9.59 Å². The molecular formula is C33H27N3O3. The molecule has 4 unspecified atom stereocenters. The molecule has 3 aliphatic heterocycles. The molecule has 1 fully saturated rings. The van der Waals surface area contributed by atoms with Crippen molar-refractivity contribution in [2.45, 2.75) is 30.5 Å². The molecule has 7 rings (SSSR count). The molecule has 0 aliphatic carbocycles. The van der Waals surface area contributed by atoms with Crippen molar-refractivity contribution in [3.63, 3.8) is 0 Å². The van der Waals surface area contributed by atoms with E-state index in [4.69, 9.17) is 0 Å².